The molecule has 9 heteroatoms. The fourth-order valence-electron chi connectivity index (χ4n) is 2.29. The highest BCUT2D eigenvalue weighted by atomic mass is 35.5. The molecule has 1 heterocycles. The van der Waals surface area contributed by atoms with Gasteiger partial charge in [0.15, 0.2) is 5.16 Å². The standard InChI is InChI=1S/C18H13ClN4O3S/c19-14-8-7-13(11-15(14)23(25)26)22-17(24)16(12-5-2-1-3-6-12)27-18-20-9-4-10-21-18/h1-11,16H,(H,22,24). The molecule has 0 saturated carbocycles. The zero-order chi connectivity index (χ0) is 19.2. The van der Waals surface area contributed by atoms with Gasteiger partial charge in [0.05, 0.1) is 4.92 Å². The lowest BCUT2D eigenvalue weighted by Crippen LogP contribution is -2.19. The fourth-order valence-corrected chi connectivity index (χ4v) is 3.39. The highest BCUT2D eigenvalue weighted by Crippen LogP contribution is 2.35. The Morgan fingerprint density at radius 2 is 1.81 bits per heavy atom. The van der Waals surface area contributed by atoms with Gasteiger partial charge < -0.3 is 5.32 Å². The van der Waals surface area contributed by atoms with Crippen LogP contribution in [0, 0.1) is 10.1 Å². The molecule has 1 aromatic heterocycles. The molecule has 136 valence electrons. The topological polar surface area (TPSA) is 98.0 Å². The van der Waals surface area contributed by atoms with Gasteiger partial charge in [0.2, 0.25) is 5.91 Å². The Labute approximate surface area is 164 Å². The van der Waals surface area contributed by atoms with Crippen LogP contribution in [0.25, 0.3) is 0 Å². The second-order valence-electron chi connectivity index (χ2n) is 5.35. The quantitative estimate of drug-likeness (QED) is 0.283. The van der Waals surface area contributed by atoms with Gasteiger partial charge in [0, 0.05) is 24.1 Å². The molecule has 1 atom stereocenters. The number of carbonyl (C=O) groups is 1. The molecule has 0 spiro atoms. The monoisotopic (exact) mass is 400 g/mol. The van der Waals surface area contributed by atoms with Gasteiger partial charge in [-0.05, 0) is 23.8 Å². The summed E-state index contributed by atoms with van der Waals surface area (Å²) in [6.07, 6.45) is 3.19. The van der Waals surface area contributed by atoms with Crippen LogP contribution in [0.4, 0.5) is 11.4 Å². The van der Waals surface area contributed by atoms with Crippen LogP contribution in [0.2, 0.25) is 5.02 Å². The van der Waals surface area contributed by atoms with Gasteiger partial charge in [-0.1, -0.05) is 53.7 Å². The van der Waals surface area contributed by atoms with E-state index in [4.69, 9.17) is 11.6 Å². The first-order valence-electron chi connectivity index (χ1n) is 7.78. The first-order valence-corrected chi connectivity index (χ1v) is 9.04. The average Bonchev–Trinajstić information content (AvgIpc) is 2.69. The summed E-state index contributed by atoms with van der Waals surface area (Å²) in [4.78, 5) is 31.6. The Morgan fingerprint density at radius 1 is 1.11 bits per heavy atom. The molecule has 27 heavy (non-hydrogen) atoms. The van der Waals surface area contributed by atoms with Gasteiger partial charge in [0.25, 0.3) is 5.69 Å². The summed E-state index contributed by atoms with van der Waals surface area (Å²) in [7, 11) is 0. The van der Waals surface area contributed by atoms with E-state index >= 15 is 0 Å². The number of hydrogen-bond donors (Lipinski definition) is 1. The Bertz CT molecular complexity index is 957. The molecular formula is C18H13ClN4O3S. The van der Waals surface area contributed by atoms with Crippen molar-refractivity contribution in [1.29, 1.82) is 0 Å². The number of nitrogens with zero attached hydrogens (tertiary/aromatic N) is 3. The van der Waals surface area contributed by atoms with E-state index in [0.717, 1.165) is 5.56 Å². The third-order valence-electron chi connectivity index (χ3n) is 3.52. The zero-order valence-corrected chi connectivity index (χ0v) is 15.4. The summed E-state index contributed by atoms with van der Waals surface area (Å²) in [5.74, 6) is -0.352. The van der Waals surface area contributed by atoms with Crippen molar-refractivity contribution < 1.29 is 9.72 Å². The average molecular weight is 401 g/mol. The highest BCUT2D eigenvalue weighted by Gasteiger charge is 2.24. The normalized spacial score (nSPS) is 11.6. The Morgan fingerprint density at radius 3 is 2.48 bits per heavy atom. The predicted molar refractivity (Wildman–Crippen MR) is 104 cm³/mol. The number of rotatable bonds is 6. The molecule has 0 aliphatic rings. The maximum atomic E-state index is 12.9. The molecule has 0 aliphatic carbocycles. The van der Waals surface area contributed by atoms with Crippen molar-refractivity contribution in [2.24, 2.45) is 0 Å². The van der Waals surface area contributed by atoms with Crippen LogP contribution in [-0.4, -0.2) is 20.8 Å². The number of carbonyl (C=O) groups excluding carboxylic acids is 1. The van der Waals surface area contributed by atoms with Crippen molar-refractivity contribution in [3.63, 3.8) is 0 Å². The summed E-state index contributed by atoms with van der Waals surface area (Å²) in [5.41, 5.74) is 0.771. The van der Waals surface area contributed by atoms with Crippen LogP contribution in [0.15, 0.2) is 72.1 Å². The molecule has 0 aliphatic heterocycles. The predicted octanol–water partition coefficient (Wildman–Crippen LogP) is 4.51. The lowest BCUT2D eigenvalue weighted by molar-refractivity contribution is -0.384. The van der Waals surface area contributed by atoms with Crippen LogP contribution in [0.3, 0.4) is 0 Å². The van der Waals surface area contributed by atoms with E-state index in [9.17, 15) is 14.9 Å². The highest BCUT2D eigenvalue weighted by molar-refractivity contribution is 8.00. The first-order chi connectivity index (χ1) is 13.0. The summed E-state index contributed by atoms with van der Waals surface area (Å²) in [5, 5.41) is 13.6. The van der Waals surface area contributed by atoms with E-state index in [2.05, 4.69) is 15.3 Å². The number of anilines is 1. The number of benzene rings is 2. The summed E-state index contributed by atoms with van der Waals surface area (Å²) < 4.78 is 0. The van der Waals surface area contributed by atoms with E-state index < -0.39 is 10.2 Å². The SMILES string of the molecule is O=C(Nc1ccc(Cl)c([N+](=O)[O-])c1)C(Sc1ncccn1)c1ccccc1. The molecule has 0 fully saturated rings. The minimum absolute atomic E-state index is 0.00432. The number of hydrogen-bond acceptors (Lipinski definition) is 6. The van der Waals surface area contributed by atoms with E-state index in [0.29, 0.717) is 5.16 Å². The van der Waals surface area contributed by atoms with Gasteiger partial charge in [-0.2, -0.15) is 0 Å². The molecule has 1 N–H and O–H groups in total. The van der Waals surface area contributed by atoms with Crippen molar-refractivity contribution in [3.05, 3.63) is 87.7 Å². The van der Waals surface area contributed by atoms with Crippen LogP contribution >= 0.6 is 23.4 Å². The first kappa shape index (κ1) is 18.8. The van der Waals surface area contributed by atoms with Crippen LogP contribution < -0.4 is 5.32 Å². The lowest BCUT2D eigenvalue weighted by atomic mass is 10.1. The van der Waals surface area contributed by atoms with Crippen molar-refractivity contribution >= 4 is 40.6 Å². The second-order valence-corrected chi connectivity index (χ2v) is 6.83. The Balaban J connectivity index is 1.87. The number of nitro groups is 1. The number of halogens is 1. The molecule has 3 aromatic rings. The molecule has 1 unspecified atom stereocenters. The third kappa shape index (κ3) is 4.81. The minimum Gasteiger partial charge on any atom is -0.325 e. The smallest absolute Gasteiger partial charge is 0.289 e. The van der Waals surface area contributed by atoms with Gasteiger partial charge in [-0.15, -0.1) is 0 Å². The molecule has 0 radical (unpaired) electrons. The number of aromatic nitrogens is 2. The van der Waals surface area contributed by atoms with Gasteiger partial charge in [-0.3, -0.25) is 14.9 Å². The van der Waals surface area contributed by atoms with E-state index in [1.165, 1.54) is 30.0 Å². The number of thioether (sulfide) groups is 1. The van der Waals surface area contributed by atoms with Gasteiger partial charge >= 0.3 is 0 Å². The minimum atomic E-state index is -0.636. The maximum Gasteiger partial charge on any atom is 0.289 e. The Hall–Kier alpha value is -2.97. The lowest BCUT2D eigenvalue weighted by Gasteiger charge is -2.16. The van der Waals surface area contributed by atoms with Gasteiger partial charge in [-0.25, -0.2) is 9.97 Å². The van der Waals surface area contributed by atoms with Crippen molar-refractivity contribution in [2.45, 2.75) is 10.4 Å². The molecule has 1 amide bonds. The van der Waals surface area contributed by atoms with Crippen molar-refractivity contribution in [3.8, 4) is 0 Å². The third-order valence-corrected chi connectivity index (χ3v) is 4.98. The molecule has 7 nitrogen and oxygen atoms in total. The number of nitrogens with one attached hydrogen (secondary N) is 1. The molecule has 0 saturated heterocycles. The van der Waals surface area contributed by atoms with Gasteiger partial charge in [0.1, 0.15) is 10.3 Å². The number of nitro benzene ring substituents is 1. The largest absolute Gasteiger partial charge is 0.325 e. The molecule has 3 rings (SSSR count). The fraction of sp³-hybridized carbons (Fsp3) is 0.0556. The van der Waals surface area contributed by atoms with Crippen LogP contribution in [-0.2, 0) is 4.79 Å². The van der Waals surface area contributed by atoms with Crippen LogP contribution in [0.1, 0.15) is 10.8 Å². The number of amides is 1. The van der Waals surface area contributed by atoms with Crippen molar-refractivity contribution in [1.82, 2.24) is 9.97 Å². The Kier molecular flexibility index (Phi) is 6.00. The maximum absolute atomic E-state index is 12.9. The second kappa shape index (κ2) is 8.61. The summed E-state index contributed by atoms with van der Waals surface area (Å²) in [6.45, 7) is 0. The molecule has 0 bridgehead atoms. The summed E-state index contributed by atoms with van der Waals surface area (Å²) in [6, 6.07) is 15.0. The van der Waals surface area contributed by atoms with E-state index in [1.807, 2.05) is 30.3 Å². The van der Waals surface area contributed by atoms with E-state index in [-0.39, 0.29) is 22.3 Å². The molecule has 2 aromatic carbocycles. The van der Waals surface area contributed by atoms with Crippen LogP contribution in [0.5, 0.6) is 0 Å². The van der Waals surface area contributed by atoms with Crippen molar-refractivity contribution in [2.75, 3.05) is 5.32 Å². The summed E-state index contributed by atoms with van der Waals surface area (Å²) >= 11 is 7.01. The molecular weight excluding hydrogens is 388 g/mol. The zero-order valence-electron chi connectivity index (χ0n) is 13.8. The van der Waals surface area contributed by atoms with E-state index in [1.54, 1.807) is 18.5 Å².